The monoisotopic (exact) mass is 525 g/mol. The summed E-state index contributed by atoms with van der Waals surface area (Å²) in [5.74, 6) is 0. The first-order valence-corrected chi connectivity index (χ1v) is 12.4. The van der Waals surface area contributed by atoms with E-state index in [0.29, 0.717) is 21.9 Å². The minimum Gasteiger partial charge on any atom is -0.464 e. The van der Waals surface area contributed by atoms with Gasteiger partial charge in [0.25, 0.3) is 0 Å². The fourth-order valence-electron chi connectivity index (χ4n) is 5.59. The quantitative estimate of drug-likeness (QED) is 0.210. The van der Waals surface area contributed by atoms with E-state index in [1.54, 1.807) is 36.4 Å². The van der Waals surface area contributed by atoms with Crippen LogP contribution < -0.4 is 0 Å². The Hall–Kier alpha value is -5.34. The molecule has 2 heterocycles. The van der Waals surface area contributed by atoms with Crippen LogP contribution in [0.25, 0.3) is 87.5 Å². The maximum Gasteiger partial charge on any atom is 0.143 e. The average Bonchev–Trinajstić information content (AvgIpc) is 3.81. The fraction of sp³-hybridized carbons (Fsp3) is 0. The van der Waals surface area contributed by atoms with E-state index < -0.39 is 107 Å². The van der Waals surface area contributed by atoms with Gasteiger partial charge in [-0.3, -0.25) is 0 Å². The van der Waals surface area contributed by atoms with Crippen LogP contribution in [0.15, 0.2) is 142 Å². The molecule has 0 saturated carbocycles. The summed E-state index contributed by atoms with van der Waals surface area (Å²) >= 11 is 0. The third-order valence-corrected chi connectivity index (χ3v) is 7.24. The molecule has 0 amide bonds. The van der Waals surface area contributed by atoms with Gasteiger partial charge in [-0.05, 0) is 67.7 Å². The molecule has 0 aliphatic heterocycles. The molecule has 9 rings (SSSR count). The van der Waals surface area contributed by atoms with E-state index in [-0.39, 0.29) is 43.8 Å². The van der Waals surface area contributed by atoms with Gasteiger partial charge >= 0.3 is 0 Å². The van der Waals surface area contributed by atoms with Gasteiger partial charge in [0.1, 0.15) is 16.7 Å². The highest BCUT2D eigenvalue weighted by Crippen LogP contribution is 2.47. The first-order chi connectivity index (χ1) is 26.1. The summed E-state index contributed by atoms with van der Waals surface area (Å²) in [5.41, 5.74) is 0.549. The molecule has 0 aliphatic carbocycles. The Balaban J connectivity index is 1.61. The lowest BCUT2D eigenvalue weighted by Gasteiger charge is -2.18. The van der Waals surface area contributed by atoms with Gasteiger partial charge in [0.2, 0.25) is 0 Å². The van der Waals surface area contributed by atoms with Crippen molar-refractivity contribution in [2.75, 3.05) is 0 Å². The SMILES string of the molecule is [2H]c1c([2H])c([2H])c2c([2H])c(-c3c4c([2H])c([2H])c([2H])c([2H])c4c(-c4cccc5c4oc4ccc6occc6c45)c4c([2H])c([2H])c([2H])c([2H])c34)c([2H])c([2H])c2c1[2H]. The Morgan fingerprint density at radius 2 is 1.20 bits per heavy atom. The molecule has 7 aromatic carbocycles. The summed E-state index contributed by atoms with van der Waals surface area (Å²) in [6.45, 7) is 0. The highest BCUT2D eigenvalue weighted by molar-refractivity contribution is 6.26. The summed E-state index contributed by atoms with van der Waals surface area (Å²) < 4.78 is 145. The van der Waals surface area contributed by atoms with Crippen molar-refractivity contribution in [2.24, 2.45) is 0 Å². The van der Waals surface area contributed by atoms with Crippen molar-refractivity contribution in [3.8, 4) is 22.3 Å². The predicted molar refractivity (Wildman–Crippen MR) is 167 cm³/mol. The van der Waals surface area contributed by atoms with Crippen molar-refractivity contribution in [1.29, 1.82) is 0 Å². The van der Waals surface area contributed by atoms with Crippen molar-refractivity contribution in [1.82, 2.24) is 0 Å². The molecule has 40 heavy (non-hydrogen) atoms. The van der Waals surface area contributed by atoms with Gasteiger partial charge in [-0.25, -0.2) is 0 Å². The van der Waals surface area contributed by atoms with Crippen LogP contribution in [0.4, 0.5) is 0 Å². The molecule has 0 spiro atoms. The lowest BCUT2D eigenvalue weighted by Crippen LogP contribution is -1.91. The standard InChI is InChI=1S/C38H22O2/c1-2-9-24-22-25(17-16-23(24)8-1)35-26-10-3-5-12-28(26)36(29-13-6-4-11-27(29)35)31-14-7-15-32-37-30-20-21-39-33(30)18-19-34(37)40-38(31)32/h1-22H/i1D,2D,3D,4D,5D,6D,8D,9D,10D,11D,12D,13D,16D,17D,22D. The number of hydrogen-bond acceptors (Lipinski definition) is 2. The topological polar surface area (TPSA) is 26.3 Å². The number of para-hydroxylation sites is 1. The fourth-order valence-corrected chi connectivity index (χ4v) is 5.59. The molecule has 2 nitrogen and oxygen atoms in total. The molecule has 0 N–H and O–H groups in total. The van der Waals surface area contributed by atoms with Gasteiger partial charge in [0.05, 0.1) is 26.8 Å². The minimum absolute atomic E-state index is 0.0345. The van der Waals surface area contributed by atoms with Gasteiger partial charge < -0.3 is 8.83 Å². The smallest absolute Gasteiger partial charge is 0.143 e. The molecule has 0 atom stereocenters. The number of furan rings is 2. The van der Waals surface area contributed by atoms with Crippen molar-refractivity contribution >= 4 is 65.2 Å². The third-order valence-electron chi connectivity index (χ3n) is 7.24. The predicted octanol–water partition coefficient (Wildman–Crippen LogP) is 11.1. The van der Waals surface area contributed by atoms with E-state index >= 15 is 0 Å². The molecule has 0 aliphatic rings. The highest BCUT2D eigenvalue weighted by atomic mass is 16.3. The van der Waals surface area contributed by atoms with Crippen molar-refractivity contribution in [2.45, 2.75) is 0 Å². The van der Waals surface area contributed by atoms with Crippen LogP contribution in [0.5, 0.6) is 0 Å². The normalized spacial score (nSPS) is 17.2. The van der Waals surface area contributed by atoms with E-state index in [1.807, 2.05) is 0 Å². The maximum atomic E-state index is 9.39. The number of fused-ring (bicyclic) bond motifs is 8. The first-order valence-electron chi connectivity index (χ1n) is 19.9. The van der Waals surface area contributed by atoms with Gasteiger partial charge in [-0.2, -0.15) is 0 Å². The molecule has 186 valence electrons. The summed E-state index contributed by atoms with van der Waals surface area (Å²) in [7, 11) is 0. The molecule has 0 unspecified atom stereocenters. The van der Waals surface area contributed by atoms with E-state index in [2.05, 4.69) is 0 Å². The molecule has 9 aromatic rings. The Morgan fingerprint density at radius 1 is 0.525 bits per heavy atom. The van der Waals surface area contributed by atoms with Crippen molar-refractivity contribution in [3.63, 3.8) is 0 Å². The Bertz CT molecular complexity index is 3190. The highest BCUT2D eigenvalue weighted by Gasteiger charge is 2.21. The summed E-state index contributed by atoms with van der Waals surface area (Å²) in [6, 6.07) is 0.0635. The zero-order valence-corrected chi connectivity index (χ0v) is 20.4. The van der Waals surface area contributed by atoms with E-state index in [0.717, 1.165) is 5.39 Å². The van der Waals surface area contributed by atoms with Gasteiger partial charge in [0, 0.05) is 27.3 Å². The zero-order valence-electron chi connectivity index (χ0n) is 35.4. The van der Waals surface area contributed by atoms with Crippen molar-refractivity contribution < 1.29 is 29.4 Å². The van der Waals surface area contributed by atoms with Crippen LogP contribution in [0.2, 0.25) is 0 Å². The van der Waals surface area contributed by atoms with Gasteiger partial charge in [-0.1, -0.05) is 103 Å². The van der Waals surface area contributed by atoms with Crippen LogP contribution in [-0.4, -0.2) is 0 Å². The van der Waals surface area contributed by atoms with Crippen molar-refractivity contribution in [3.05, 3.63) is 133 Å². The number of benzene rings is 7. The second-order valence-corrected chi connectivity index (χ2v) is 9.31. The molecule has 0 saturated heterocycles. The third kappa shape index (κ3) is 2.93. The van der Waals surface area contributed by atoms with Gasteiger partial charge in [0.15, 0.2) is 0 Å². The lowest BCUT2D eigenvalue weighted by molar-refractivity contribution is 0.615. The minimum atomic E-state index is -0.749. The second-order valence-electron chi connectivity index (χ2n) is 9.31. The first kappa shape index (κ1) is 11.8. The molecular weight excluding hydrogens is 488 g/mol. The largest absolute Gasteiger partial charge is 0.464 e. The summed E-state index contributed by atoms with van der Waals surface area (Å²) in [4.78, 5) is 0. The number of hydrogen-bond donors (Lipinski definition) is 0. The molecular formula is C38H22O2. The molecule has 2 aromatic heterocycles. The van der Waals surface area contributed by atoms with E-state index in [1.165, 1.54) is 6.26 Å². The molecule has 0 fully saturated rings. The number of rotatable bonds is 2. The van der Waals surface area contributed by atoms with Gasteiger partial charge in [-0.15, -0.1) is 0 Å². The molecule has 2 heteroatoms. The average molecular weight is 526 g/mol. The van der Waals surface area contributed by atoms with E-state index in [4.69, 9.17) is 21.2 Å². The lowest BCUT2D eigenvalue weighted by atomic mass is 9.85. The Labute approximate surface area is 250 Å². The van der Waals surface area contributed by atoms with Crippen LogP contribution in [0.3, 0.4) is 0 Å². The second kappa shape index (κ2) is 8.08. The summed E-state index contributed by atoms with van der Waals surface area (Å²) in [5, 5.41) is 0.0357. The molecule has 0 radical (unpaired) electrons. The Morgan fingerprint density at radius 3 is 1.98 bits per heavy atom. The maximum absolute atomic E-state index is 9.39. The van der Waals surface area contributed by atoms with Crippen LogP contribution >= 0.6 is 0 Å². The molecule has 0 bridgehead atoms. The zero-order chi connectivity index (χ0) is 39.3. The summed E-state index contributed by atoms with van der Waals surface area (Å²) in [6.07, 6.45) is 1.53. The van der Waals surface area contributed by atoms with Crippen LogP contribution in [-0.2, 0) is 0 Å². The van der Waals surface area contributed by atoms with Crippen LogP contribution in [0.1, 0.15) is 20.6 Å². The van der Waals surface area contributed by atoms with E-state index in [9.17, 15) is 8.22 Å². The Kier molecular flexibility index (Phi) is 2.39. The van der Waals surface area contributed by atoms with Crippen LogP contribution in [0, 0.1) is 0 Å².